The maximum absolute atomic E-state index is 5.76. The minimum atomic E-state index is 0.690. The summed E-state index contributed by atoms with van der Waals surface area (Å²) in [6.07, 6.45) is 1.83. The number of aromatic amines is 1. The van der Waals surface area contributed by atoms with Gasteiger partial charge in [0.1, 0.15) is 11.6 Å². The van der Waals surface area contributed by atoms with E-state index in [1.807, 2.05) is 36.5 Å². The van der Waals surface area contributed by atoms with Gasteiger partial charge in [-0.1, -0.05) is 12.1 Å². The van der Waals surface area contributed by atoms with E-state index in [9.17, 15) is 0 Å². The van der Waals surface area contributed by atoms with E-state index in [2.05, 4.69) is 4.98 Å². The number of rotatable bonds is 2. The molecule has 1 heterocycles. The zero-order chi connectivity index (χ0) is 9.97. The zero-order valence-electron chi connectivity index (χ0n) is 7.95. The molecule has 0 saturated heterocycles. The molecule has 3 heteroatoms. The van der Waals surface area contributed by atoms with Gasteiger partial charge in [-0.05, 0) is 23.8 Å². The normalized spacial score (nSPS) is 10.1. The highest BCUT2D eigenvalue weighted by atomic mass is 16.5. The first kappa shape index (κ1) is 8.69. The van der Waals surface area contributed by atoms with Crippen molar-refractivity contribution in [2.24, 2.45) is 0 Å². The van der Waals surface area contributed by atoms with E-state index < -0.39 is 0 Å². The number of nitrogens with one attached hydrogen (secondary N) is 1. The van der Waals surface area contributed by atoms with Gasteiger partial charge in [-0.25, -0.2) is 0 Å². The molecule has 0 fully saturated rings. The second-order valence-electron chi connectivity index (χ2n) is 3.03. The first-order valence-corrected chi connectivity index (χ1v) is 4.38. The van der Waals surface area contributed by atoms with Crippen LogP contribution in [-0.2, 0) is 0 Å². The van der Waals surface area contributed by atoms with Crippen LogP contribution in [0.25, 0.3) is 11.1 Å². The van der Waals surface area contributed by atoms with Crippen LogP contribution in [0.3, 0.4) is 0 Å². The lowest BCUT2D eigenvalue weighted by Crippen LogP contribution is -1.87. The fourth-order valence-electron chi connectivity index (χ4n) is 1.40. The molecule has 2 aromatic rings. The quantitative estimate of drug-likeness (QED) is 0.759. The van der Waals surface area contributed by atoms with E-state index in [1.54, 1.807) is 7.11 Å². The molecular formula is C11H12N2O. The molecule has 0 spiro atoms. The standard InChI is InChI=1S/C11H12N2O/c1-14-9-4-2-8(3-5-9)10-6-7-13-11(10)12/h2-7,13H,12H2,1H3. The number of anilines is 1. The lowest BCUT2D eigenvalue weighted by molar-refractivity contribution is 0.415. The molecule has 0 radical (unpaired) electrons. The molecule has 0 bridgehead atoms. The summed E-state index contributed by atoms with van der Waals surface area (Å²) in [5.74, 6) is 1.54. The monoisotopic (exact) mass is 188 g/mol. The van der Waals surface area contributed by atoms with Crippen molar-refractivity contribution in [1.29, 1.82) is 0 Å². The van der Waals surface area contributed by atoms with Gasteiger partial charge >= 0.3 is 0 Å². The van der Waals surface area contributed by atoms with Crippen LogP contribution in [0.1, 0.15) is 0 Å². The highest BCUT2D eigenvalue weighted by molar-refractivity contribution is 5.74. The van der Waals surface area contributed by atoms with Gasteiger partial charge in [-0.15, -0.1) is 0 Å². The Kier molecular flexibility index (Phi) is 2.14. The maximum Gasteiger partial charge on any atom is 0.118 e. The highest BCUT2D eigenvalue weighted by Gasteiger charge is 2.02. The number of hydrogen-bond donors (Lipinski definition) is 2. The van der Waals surface area contributed by atoms with Crippen LogP contribution in [0.15, 0.2) is 36.5 Å². The van der Waals surface area contributed by atoms with Crippen molar-refractivity contribution in [2.75, 3.05) is 12.8 Å². The maximum atomic E-state index is 5.76. The first-order chi connectivity index (χ1) is 6.81. The molecule has 0 aliphatic carbocycles. The molecule has 0 atom stereocenters. The van der Waals surface area contributed by atoms with Crippen molar-refractivity contribution in [1.82, 2.24) is 4.98 Å². The number of nitrogen functional groups attached to an aromatic ring is 1. The fraction of sp³-hybridized carbons (Fsp3) is 0.0909. The summed E-state index contributed by atoms with van der Waals surface area (Å²) in [6.45, 7) is 0. The van der Waals surface area contributed by atoms with E-state index in [0.29, 0.717) is 5.82 Å². The smallest absolute Gasteiger partial charge is 0.118 e. The first-order valence-electron chi connectivity index (χ1n) is 4.38. The Balaban J connectivity index is 2.39. The fourth-order valence-corrected chi connectivity index (χ4v) is 1.40. The van der Waals surface area contributed by atoms with Crippen LogP contribution in [0.2, 0.25) is 0 Å². The van der Waals surface area contributed by atoms with Gasteiger partial charge in [0, 0.05) is 11.8 Å². The van der Waals surface area contributed by atoms with Gasteiger partial charge < -0.3 is 15.5 Å². The Morgan fingerprint density at radius 1 is 1.14 bits per heavy atom. The molecule has 0 aliphatic rings. The SMILES string of the molecule is COc1ccc(-c2cc[nH]c2N)cc1. The molecule has 1 aromatic carbocycles. The molecule has 3 nitrogen and oxygen atoms in total. The molecular weight excluding hydrogens is 176 g/mol. The number of methoxy groups -OCH3 is 1. The Hall–Kier alpha value is -1.90. The van der Waals surface area contributed by atoms with Gasteiger partial charge in [0.15, 0.2) is 0 Å². The summed E-state index contributed by atoms with van der Waals surface area (Å²) < 4.78 is 5.08. The highest BCUT2D eigenvalue weighted by Crippen LogP contribution is 2.26. The molecule has 0 unspecified atom stereocenters. The van der Waals surface area contributed by atoms with Gasteiger partial charge in [0.25, 0.3) is 0 Å². The van der Waals surface area contributed by atoms with Crippen LogP contribution >= 0.6 is 0 Å². The number of ether oxygens (including phenoxy) is 1. The predicted octanol–water partition coefficient (Wildman–Crippen LogP) is 2.27. The molecule has 0 aliphatic heterocycles. The van der Waals surface area contributed by atoms with Crippen molar-refractivity contribution in [2.45, 2.75) is 0 Å². The average Bonchev–Trinajstić information content (AvgIpc) is 2.65. The Morgan fingerprint density at radius 3 is 2.36 bits per heavy atom. The Bertz CT molecular complexity index is 417. The third kappa shape index (κ3) is 1.44. The summed E-state index contributed by atoms with van der Waals surface area (Å²) in [4.78, 5) is 2.94. The molecule has 3 N–H and O–H groups in total. The van der Waals surface area contributed by atoms with E-state index in [1.165, 1.54) is 0 Å². The van der Waals surface area contributed by atoms with Crippen LogP contribution in [0.4, 0.5) is 5.82 Å². The van der Waals surface area contributed by atoms with Crippen molar-refractivity contribution in [3.8, 4) is 16.9 Å². The number of aromatic nitrogens is 1. The van der Waals surface area contributed by atoms with Crippen LogP contribution < -0.4 is 10.5 Å². The number of H-pyrrole nitrogens is 1. The van der Waals surface area contributed by atoms with Gasteiger partial charge in [0.2, 0.25) is 0 Å². The minimum Gasteiger partial charge on any atom is -0.497 e. The number of hydrogen-bond acceptors (Lipinski definition) is 2. The van der Waals surface area contributed by atoms with E-state index >= 15 is 0 Å². The van der Waals surface area contributed by atoms with E-state index in [4.69, 9.17) is 10.5 Å². The summed E-state index contributed by atoms with van der Waals surface area (Å²) in [5, 5.41) is 0. The zero-order valence-corrected chi connectivity index (χ0v) is 7.95. The van der Waals surface area contributed by atoms with Gasteiger partial charge in [0.05, 0.1) is 7.11 Å². The molecule has 14 heavy (non-hydrogen) atoms. The molecule has 0 saturated carbocycles. The van der Waals surface area contributed by atoms with Crippen LogP contribution in [0, 0.1) is 0 Å². The molecule has 72 valence electrons. The van der Waals surface area contributed by atoms with E-state index in [-0.39, 0.29) is 0 Å². The predicted molar refractivity (Wildman–Crippen MR) is 57.2 cm³/mol. The largest absolute Gasteiger partial charge is 0.497 e. The Labute approximate surface area is 82.5 Å². The van der Waals surface area contributed by atoms with Crippen molar-refractivity contribution >= 4 is 5.82 Å². The third-order valence-electron chi connectivity index (χ3n) is 2.18. The second kappa shape index (κ2) is 3.46. The number of benzene rings is 1. The summed E-state index contributed by atoms with van der Waals surface area (Å²) in [7, 11) is 1.65. The summed E-state index contributed by atoms with van der Waals surface area (Å²) in [6, 6.07) is 9.76. The average molecular weight is 188 g/mol. The molecule has 0 amide bonds. The second-order valence-corrected chi connectivity index (χ2v) is 3.03. The third-order valence-corrected chi connectivity index (χ3v) is 2.18. The van der Waals surface area contributed by atoms with E-state index in [0.717, 1.165) is 16.9 Å². The van der Waals surface area contributed by atoms with Crippen LogP contribution in [0.5, 0.6) is 5.75 Å². The van der Waals surface area contributed by atoms with Gasteiger partial charge in [-0.2, -0.15) is 0 Å². The Morgan fingerprint density at radius 2 is 1.86 bits per heavy atom. The molecule has 2 rings (SSSR count). The summed E-state index contributed by atoms with van der Waals surface area (Å²) in [5.41, 5.74) is 7.86. The topological polar surface area (TPSA) is 51.0 Å². The van der Waals surface area contributed by atoms with Crippen LogP contribution in [-0.4, -0.2) is 12.1 Å². The summed E-state index contributed by atoms with van der Waals surface area (Å²) >= 11 is 0. The lowest BCUT2D eigenvalue weighted by Gasteiger charge is -2.02. The van der Waals surface area contributed by atoms with Gasteiger partial charge in [-0.3, -0.25) is 0 Å². The molecule has 1 aromatic heterocycles. The number of nitrogens with two attached hydrogens (primary N) is 1. The van der Waals surface area contributed by atoms with Crippen molar-refractivity contribution in [3.63, 3.8) is 0 Å². The minimum absolute atomic E-state index is 0.690. The van der Waals surface area contributed by atoms with Crippen molar-refractivity contribution < 1.29 is 4.74 Å². The lowest BCUT2D eigenvalue weighted by atomic mass is 10.1. The van der Waals surface area contributed by atoms with Crippen molar-refractivity contribution in [3.05, 3.63) is 36.5 Å².